The van der Waals surface area contributed by atoms with Crippen molar-refractivity contribution in [1.82, 2.24) is 0 Å². The third-order valence-electron chi connectivity index (χ3n) is 2.39. The molecule has 0 radical (unpaired) electrons. The summed E-state index contributed by atoms with van der Waals surface area (Å²) in [6, 6.07) is 3.26. The number of halogens is 2. The van der Waals surface area contributed by atoms with Crippen LogP contribution in [-0.4, -0.2) is 11.0 Å². The molecule has 2 nitrogen and oxygen atoms in total. The van der Waals surface area contributed by atoms with Crippen LogP contribution in [0.4, 0.5) is 7.77 Å². The Morgan fingerprint density at radius 3 is 1.85 bits per heavy atom. The lowest BCUT2D eigenvalue weighted by Crippen LogP contribution is -2.34. The van der Waals surface area contributed by atoms with Crippen LogP contribution in [0.15, 0.2) is 0 Å². The maximum absolute atomic E-state index is 13.2. The lowest BCUT2D eigenvalue weighted by molar-refractivity contribution is 0.499. The molecule has 0 aliphatic heterocycles. The Hall–Kier alpha value is -0.810. The van der Waals surface area contributed by atoms with Crippen molar-refractivity contribution in [2.75, 3.05) is 6.26 Å². The molecule has 0 aliphatic rings. The Balaban J connectivity index is 5.10. The van der Waals surface area contributed by atoms with Gasteiger partial charge >= 0.3 is 0 Å². The van der Waals surface area contributed by atoms with E-state index >= 15 is 0 Å². The van der Waals surface area contributed by atoms with Crippen molar-refractivity contribution in [2.45, 2.75) is 25.0 Å². The molecule has 13 heavy (non-hydrogen) atoms. The van der Waals surface area contributed by atoms with Crippen LogP contribution in [0.1, 0.15) is 20.3 Å². The molecule has 0 saturated heterocycles. The Labute approximate surface area is 79.1 Å². The maximum Gasteiger partial charge on any atom is 0.150 e. The highest BCUT2D eigenvalue weighted by molar-refractivity contribution is 8.25. The minimum atomic E-state index is -3.88. The second kappa shape index (κ2) is 3.93. The first-order chi connectivity index (χ1) is 5.83. The van der Waals surface area contributed by atoms with Crippen molar-refractivity contribution < 1.29 is 7.77 Å². The molecule has 1 atom stereocenters. The maximum atomic E-state index is 13.2. The first-order valence-corrected chi connectivity index (χ1v) is 5.64. The second-order valence-corrected chi connectivity index (χ2v) is 5.47. The number of nitrogens with zero attached hydrogens (tertiary/aromatic N) is 2. The molecular weight excluding hydrogens is 194 g/mol. The van der Waals surface area contributed by atoms with Crippen LogP contribution < -0.4 is 0 Å². The SMILES string of the molecule is CCC(C)(C(C#N)C#N)S(C)(F)F. The van der Waals surface area contributed by atoms with Crippen molar-refractivity contribution >= 4 is 10.8 Å². The van der Waals surface area contributed by atoms with E-state index in [1.807, 2.05) is 0 Å². The number of hydrogen-bond acceptors (Lipinski definition) is 2. The molecule has 0 rings (SSSR count). The Morgan fingerprint density at radius 1 is 1.38 bits per heavy atom. The van der Waals surface area contributed by atoms with Gasteiger partial charge in [-0.05, 0) is 13.3 Å². The first-order valence-electron chi connectivity index (χ1n) is 3.79. The Bertz CT molecular complexity index is 247. The molecule has 0 spiro atoms. The quantitative estimate of drug-likeness (QED) is 0.712. The fraction of sp³-hybridized carbons (Fsp3) is 0.750. The highest BCUT2D eigenvalue weighted by Crippen LogP contribution is 2.63. The molecule has 0 fully saturated rings. The highest BCUT2D eigenvalue weighted by atomic mass is 32.3. The molecule has 0 amide bonds. The normalized spacial score (nSPS) is 17.2. The van der Waals surface area contributed by atoms with Gasteiger partial charge in [0.25, 0.3) is 0 Å². The third-order valence-corrected chi connectivity index (χ3v) is 4.55. The monoisotopic (exact) mass is 206 g/mol. The van der Waals surface area contributed by atoms with Crippen LogP contribution in [0.2, 0.25) is 0 Å². The molecule has 0 aromatic rings. The van der Waals surface area contributed by atoms with Crippen molar-refractivity contribution in [2.24, 2.45) is 5.92 Å². The zero-order valence-electron chi connectivity index (χ0n) is 7.84. The third kappa shape index (κ3) is 2.10. The topological polar surface area (TPSA) is 47.6 Å². The summed E-state index contributed by atoms with van der Waals surface area (Å²) in [5.41, 5.74) is 0. The fourth-order valence-electron chi connectivity index (χ4n) is 0.966. The smallest absolute Gasteiger partial charge is 0.150 e. The summed E-state index contributed by atoms with van der Waals surface area (Å²) >= 11 is 0. The molecule has 0 aromatic heterocycles. The van der Waals surface area contributed by atoms with Crippen molar-refractivity contribution in [3.63, 3.8) is 0 Å². The van der Waals surface area contributed by atoms with Crippen molar-refractivity contribution in [3.05, 3.63) is 0 Å². The van der Waals surface area contributed by atoms with Gasteiger partial charge in [-0.25, -0.2) is 0 Å². The van der Waals surface area contributed by atoms with E-state index in [1.165, 1.54) is 6.92 Å². The summed E-state index contributed by atoms with van der Waals surface area (Å²) in [5.74, 6) is -1.23. The van der Waals surface area contributed by atoms with E-state index in [9.17, 15) is 7.77 Å². The molecular formula is C8H12F2N2S. The van der Waals surface area contributed by atoms with Gasteiger partial charge in [0.05, 0.1) is 27.7 Å². The van der Waals surface area contributed by atoms with Gasteiger partial charge in [0.15, 0.2) is 5.92 Å². The molecule has 1 unspecified atom stereocenters. The van der Waals surface area contributed by atoms with E-state index in [0.717, 1.165) is 6.26 Å². The zero-order chi connectivity index (χ0) is 10.7. The van der Waals surface area contributed by atoms with E-state index in [4.69, 9.17) is 10.5 Å². The van der Waals surface area contributed by atoms with Gasteiger partial charge in [-0.3, -0.25) is 0 Å². The van der Waals surface area contributed by atoms with Crippen molar-refractivity contribution in [1.29, 1.82) is 10.5 Å². The number of nitriles is 2. The van der Waals surface area contributed by atoms with E-state index < -0.39 is 21.5 Å². The lowest BCUT2D eigenvalue weighted by Gasteiger charge is -2.37. The highest BCUT2D eigenvalue weighted by Gasteiger charge is 2.47. The van der Waals surface area contributed by atoms with Gasteiger partial charge in [0, 0.05) is 6.26 Å². The predicted octanol–water partition coefficient (Wildman–Crippen LogP) is 3.02. The van der Waals surface area contributed by atoms with Crippen LogP contribution in [0.25, 0.3) is 0 Å². The van der Waals surface area contributed by atoms with Crippen LogP contribution in [-0.2, 0) is 0 Å². The second-order valence-electron chi connectivity index (χ2n) is 3.08. The van der Waals surface area contributed by atoms with Gasteiger partial charge in [-0.15, -0.1) is 0 Å². The zero-order valence-corrected chi connectivity index (χ0v) is 8.66. The van der Waals surface area contributed by atoms with Gasteiger partial charge in [0.2, 0.25) is 0 Å². The minimum absolute atomic E-state index is 0.137. The molecule has 5 heteroatoms. The summed E-state index contributed by atoms with van der Waals surface area (Å²) in [7, 11) is -3.88. The Kier molecular flexibility index (Phi) is 3.69. The predicted molar refractivity (Wildman–Crippen MR) is 49.1 cm³/mol. The molecule has 0 bridgehead atoms. The van der Waals surface area contributed by atoms with E-state index in [2.05, 4.69) is 0 Å². The first kappa shape index (κ1) is 12.2. The Morgan fingerprint density at radius 2 is 1.77 bits per heavy atom. The van der Waals surface area contributed by atoms with Crippen LogP contribution in [0.3, 0.4) is 0 Å². The molecule has 0 N–H and O–H groups in total. The summed E-state index contributed by atoms with van der Waals surface area (Å²) in [6.07, 6.45) is 0.968. The average Bonchev–Trinajstić information content (AvgIpc) is 2.04. The van der Waals surface area contributed by atoms with E-state index in [-0.39, 0.29) is 6.42 Å². The molecule has 74 valence electrons. The lowest BCUT2D eigenvalue weighted by atomic mass is 9.93. The fourth-order valence-corrected chi connectivity index (χ4v) is 1.99. The molecule has 0 heterocycles. The molecule has 0 aliphatic carbocycles. The van der Waals surface area contributed by atoms with Crippen LogP contribution in [0.5, 0.6) is 0 Å². The summed E-state index contributed by atoms with van der Waals surface area (Å²) < 4.78 is 24.9. The summed E-state index contributed by atoms with van der Waals surface area (Å²) in [6.45, 7) is 2.88. The summed E-state index contributed by atoms with van der Waals surface area (Å²) in [5, 5.41) is 17.1. The van der Waals surface area contributed by atoms with Gasteiger partial charge < -0.3 is 0 Å². The van der Waals surface area contributed by atoms with Crippen LogP contribution >= 0.6 is 10.8 Å². The molecule has 0 aromatic carbocycles. The standard InChI is InChI=1S/C8H12F2N2S/c1-4-8(2,13(3,9)10)7(5-11)6-12/h7H,4H2,1-3H3. The van der Waals surface area contributed by atoms with E-state index in [0.29, 0.717) is 0 Å². The number of rotatable bonds is 3. The summed E-state index contributed by atoms with van der Waals surface area (Å²) in [4.78, 5) is 0. The van der Waals surface area contributed by atoms with Crippen molar-refractivity contribution in [3.8, 4) is 12.1 Å². The minimum Gasteiger partial charge on any atom is -0.197 e. The van der Waals surface area contributed by atoms with Gasteiger partial charge in [0.1, 0.15) is 0 Å². The van der Waals surface area contributed by atoms with Gasteiger partial charge in [-0.1, -0.05) is 6.92 Å². The van der Waals surface area contributed by atoms with E-state index in [1.54, 1.807) is 19.1 Å². The van der Waals surface area contributed by atoms with Crippen LogP contribution in [0, 0.1) is 28.6 Å². The molecule has 0 saturated carbocycles. The van der Waals surface area contributed by atoms with Gasteiger partial charge in [-0.2, -0.15) is 18.3 Å². The average molecular weight is 206 g/mol. The largest absolute Gasteiger partial charge is 0.197 e. The number of hydrogen-bond donors (Lipinski definition) is 0.